The van der Waals surface area contributed by atoms with Crippen LogP contribution in [0.4, 0.5) is 0 Å². The number of hydrazine groups is 1. The molecule has 0 bridgehead atoms. The van der Waals surface area contributed by atoms with Gasteiger partial charge in [0.2, 0.25) is 5.91 Å². The van der Waals surface area contributed by atoms with E-state index in [0.29, 0.717) is 0 Å². The highest BCUT2D eigenvalue weighted by Gasteiger charge is 2.40. The molecule has 0 aromatic heterocycles. The Balaban J connectivity index is 2.28. The molecule has 0 spiro atoms. The van der Waals surface area contributed by atoms with Crippen LogP contribution < -0.4 is 5.43 Å². The maximum Gasteiger partial charge on any atom is 0.259 e. The van der Waals surface area contributed by atoms with Gasteiger partial charge < -0.3 is 4.90 Å². The summed E-state index contributed by atoms with van der Waals surface area (Å²) in [6.45, 7) is 2.50. The number of fused-ring (bicyclic) bond motifs is 1. The Morgan fingerprint density at radius 1 is 1.36 bits per heavy atom. The van der Waals surface area contributed by atoms with Gasteiger partial charge in [0.25, 0.3) is 5.91 Å². The molecule has 2 heterocycles. The van der Waals surface area contributed by atoms with Crippen molar-refractivity contribution in [2.24, 2.45) is 0 Å². The van der Waals surface area contributed by atoms with Gasteiger partial charge in [0.15, 0.2) is 0 Å². The van der Waals surface area contributed by atoms with Gasteiger partial charge in [0.05, 0.1) is 0 Å². The fraction of sp³-hybridized carbons (Fsp3) is 0.778. The van der Waals surface area contributed by atoms with Crippen LogP contribution in [0.15, 0.2) is 0 Å². The fourth-order valence-corrected chi connectivity index (χ4v) is 2.17. The van der Waals surface area contributed by atoms with E-state index in [4.69, 9.17) is 0 Å². The summed E-state index contributed by atoms with van der Waals surface area (Å²) in [7, 11) is 1.67. The quantitative estimate of drug-likeness (QED) is 0.561. The van der Waals surface area contributed by atoms with Crippen LogP contribution in [0.2, 0.25) is 0 Å². The zero-order chi connectivity index (χ0) is 10.3. The van der Waals surface area contributed by atoms with E-state index in [1.807, 2.05) is 0 Å². The Morgan fingerprint density at radius 2 is 2.07 bits per heavy atom. The third kappa shape index (κ3) is 1.28. The Hall–Kier alpha value is -1.10. The van der Waals surface area contributed by atoms with Crippen LogP contribution in [0.1, 0.15) is 19.8 Å². The van der Waals surface area contributed by atoms with Crippen molar-refractivity contribution in [1.82, 2.24) is 15.3 Å². The normalized spacial score (nSPS) is 33.3. The highest BCUT2D eigenvalue weighted by Crippen LogP contribution is 2.21. The monoisotopic (exact) mass is 197 g/mol. The largest absolute Gasteiger partial charge is 0.329 e. The van der Waals surface area contributed by atoms with Gasteiger partial charge in [-0.25, -0.2) is 5.43 Å². The molecule has 2 rings (SSSR count). The third-order valence-electron chi connectivity index (χ3n) is 2.91. The summed E-state index contributed by atoms with van der Waals surface area (Å²) in [5.41, 5.74) is 2.86. The minimum atomic E-state index is -0.299. The molecule has 0 aliphatic carbocycles. The van der Waals surface area contributed by atoms with Crippen LogP contribution in [0.3, 0.4) is 0 Å². The summed E-state index contributed by atoms with van der Waals surface area (Å²) >= 11 is 0. The molecule has 5 nitrogen and oxygen atoms in total. The average Bonchev–Trinajstić information content (AvgIpc) is 2.60. The smallest absolute Gasteiger partial charge is 0.259 e. The topological polar surface area (TPSA) is 52.7 Å². The molecule has 1 N–H and O–H groups in total. The molecular weight excluding hydrogens is 182 g/mol. The second kappa shape index (κ2) is 3.24. The molecule has 0 aromatic carbocycles. The van der Waals surface area contributed by atoms with Crippen LogP contribution in [0, 0.1) is 0 Å². The number of hydrogen-bond donors (Lipinski definition) is 1. The lowest BCUT2D eigenvalue weighted by Crippen LogP contribution is -2.46. The van der Waals surface area contributed by atoms with Gasteiger partial charge in [0, 0.05) is 13.6 Å². The molecule has 2 aliphatic heterocycles. The summed E-state index contributed by atoms with van der Waals surface area (Å²) in [6, 6.07) is -0.531. The maximum absolute atomic E-state index is 11.8. The number of likely N-dealkylation sites (N-methyl/N-ethyl adjacent to an activating group) is 1. The van der Waals surface area contributed by atoms with E-state index >= 15 is 0 Å². The third-order valence-corrected chi connectivity index (χ3v) is 2.91. The van der Waals surface area contributed by atoms with Gasteiger partial charge in [-0.2, -0.15) is 0 Å². The van der Waals surface area contributed by atoms with Crippen LogP contribution in [-0.2, 0) is 9.59 Å². The Bertz CT molecular complexity index is 253. The van der Waals surface area contributed by atoms with E-state index in [-0.39, 0.29) is 23.9 Å². The first-order chi connectivity index (χ1) is 6.61. The van der Waals surface area contributed by atoms with Crippen molar-refractivity contribution < 1.29 is 9.59 Å². The first-order valence-corrected chi connectivity index (χ1v) is 4.95. The Labute approximate surface area is 83.0 Å². The van der Waals surface area contributed by atoms with Crippen molar-refractivity contribution in [2.75, 3.05) is 13.6 Å². The minimum Gasteiger partial charge on any atom is -0.329 e. The predicted molar refractivity (Wildman–Crippen MR) is 50.1 cm³/mol. The highest BCUT2D eigenvalue weighted by molar-refractivity contribution is 5.92. The molecule has 2 atom stereocenters. The Morgan fingerprint density at radius 3 is 2.79 bits per heavy atom. The van der Waals surface area contributed by atoms with Gasteiger partial charge in [-0.15, -0.1) is 0 Å². The molecule has 0 saturated carbocycles. The van der Waals surface area contributed by atoms with Crippen molar-refractivity contribution in [3.63, 3.8) is 0 Å². The average molecular weight is 197 g/mol. The highest BCUT2D eigenvalue weighted by atomic mass is 16.2. The van der Waals surface area contributed by atoms with Crippen molar-refractivity contribution >= 4 is 11.8 Å². The number of rotatable bonds is 0. The molecule has 2 saturated heterocycles. The van der Waals surface area contributed by atoms with Gasteiger partial charge in [-0.3, -0.25) is 14.6 Å². The van der Waals surface area contributed by atoms with Crippen molar-refractivity contribution in [3.8, 4) is 0 Å². The number of nitrogens with one attached hydrogen (secondary N) is 1. The van der Waals surface area contributed by atoms with Gasteiger partial charge in [-0.05, 0) is 19.8 Å². The van der Waals surface area contributed by atoms with E-state index in [1.54, 1.807) is 18.9 Å². The zero-order valence-corrected chi connectivity index (χ0v) is 8.49. The van der Waals surface area contributed by atoms with Crippen LogP contribution in [0.25, 0.3) is 0 Å². The standard InChI is InChI=1S/C9H15N3O2/c1-6-8(13)12-5-3-4-7(12)9(14)11(2)10-6/h6-7,10H,3-5H2,1-2H3/t6-,7+/m1/s1. The van der Waals surface area contributed by atoms with Crippen molar-refractivity contribution in [1.29, 1.82) is 0 Å². The predicted octanol–water partition coefficient (Wildman–Crippen LogP) is -0.657. The summed E-state index contributed by atoms with van der Waals surface area (Å²) in [5.74, 6) is 0.0328. The van der Waals surface area contributed by atoms with Crippen molar-refractivity contribution in [2.45, 2.75) is 31.8 Å². The molecule has 2 aliphatic rings. The lowest BCUT2D eigenvalue weighted by Gasteiger charge is -2.21. The van der Waals surface area contributed by atoms with Crippen LogP contribution in [0.5, 0.6) is 0 Å². The molecule has 0 unspecified atom stereocenters. The molecule has 14 heavy (non-hydrogen) atoms. The molecule has 0 radical (unpaired) electrons. The number of hydrogen-bond acceptors (Lipinski definition) is 3. The lowest BCUT2D eigenvalue weighted by molar-refractivity contribution is -0.139. The second-order valence-corrected chi connectivity index (χ2v) is 3.94. The molecule has 2 amide bonds. The van der Waals surface area contributed by atoms with Gasteiger partial charge in [0.1, 0.15) is 12.1 Å². The summed E-state index contributed by atoms with van der Waals surface area (Å²) in [5, 5.41) is 1.44. The summed E-state index contributed by atoms with van der Waals surface area (Å²) in [4.78, 5) is 25.3. The van der Waals surface area contributed by atoms with E-state index in [9.17, 15) is 9.59 Å². The van der Waals surface area contributed by atoms with E-state index in [0.717, 1.165) is 19.4 Å². The molecule has 78 valence electrons. The first-order valence-electron chi connectivity index (χ1n) is 4.95. The number of nitrogens with zero attached hydrogens (tertiary/aromatic N) is 2. The van der Waals surface area contributed by atoms with Crippen LogP contribution in [-0.4, -0.2) is 47.4 Å². The summed E-state index contributed by atoms with van der Waals surface area (Å²) < 4.78 is 0. The van der Waals surface area contributed by atoms with Gasteiger partial charge >= 0.3 is 0 Å². The molecule has 0 aromatic rings. The second-order valence-electron chi connectivity index (χ2n) is 3.94. The number of carbonyl (C=O) groups is 2. The van der Waals surface area contributed by atoms with Gasteiger partial charge in [-0.1, -0.05) is 0 Å². The number of amides is 2. The summed E-state index contributed by atoms with van der Waals surface area (Å²) in [6.07, 6.45) is 1.73. The SMILES string of the molecule is C[C@H]1NN(C)C(=O)[C@@H]2CCCN2C1=O. The van der Waals surface area contributed by atoms with E-state index in [1.165, 1.54) is 5.01 Å². The lowest BCUT2D eigenvalue weighted by atomic mass is 10.2. The first kappa shape index (κ1) is 9.45. The van der Waals surface area contributed by atoms with Crippen LogP contribution >= 0.6 is 0 Å². The van der Waals surface area contributed by atoms with Crippen molar-refractivity contribution in [3.05, 3.63) is 0 Å². The molecule has 2 fully saturated rings. The Kier molecular flexibility index (Phi) is 2.19. The minimum absolute atomic E-state index is 0.000185. The maximum atomic E-state index is 11.8. The van der Waals surface area contributed by atoms with E-state index in [2.05, 4.69) is 5.43 Å². The fourth-order valence-electron chi connectivity index (χ4n) is 2.17. The molecular formula is C9H15N3O2. The van der Waals surface area contributed by atoms with E-state index < -0.39 is 0 Å². The zero-order valence-electron chi connectivity index (χ0n) is 8.49. The number of carbonyl (C=O) groups excluding carboxylic acids is 2. The molecule has 5 heteroatoms.